The number of aliphatic carboxylic acids is 1. The van der Waals surface area contributed by atoms with Crippen LogP contribution in [-0.2, 0) is 17.4 Å². The highest BCUT2D eigenvalue weighted by Crippen LogP contribution is 2.44. The summed E-state index contributed by atoms with van der Waals surface area (Å²) in [6.07, 6.45) is -3.40. The average molecular weight is 442 g/mol. The number of halogens is 3. The van der Waals surface area contributed by atoms with E-state index in [1.54, 1.807) is 0 Å². The minimum absolute atomic E-state index is 0.0379. The molecule has 11 heteroatoms. The van der Waals surface area contributed by atoms with Gasteiger partial charge in [-0.3, -0.25) is 19.5 Å². The Morgan fingerprint density at radius 2 is 2.10 bits per heavy atom. The van der Waals surface area contributed by atoms with Crippen LogP contribution >= 0.6 is 11.8 Å². The van der Waals surface area contributed by atoms with Crippen LogP contribution in [-0.4, -0.2) is 26.3 Å². The van der Waals surface area contributed by atoms with Crippen molar-refractivity contribution in [2.45, 2.75) is 43.4 Å². The summed E-state index contributed by atoms with van der Waals surface area (Å²) in [5.74, 6) is -1.39. The highest BCUT2D eigenvalue weighted by molar-refractivity contribution is 7.99. The van der Waals surface area contributed by atoms with Crippen molar-refractivity contribution in [3.63, 3.8) is 0 Å². The molecule has 0 aliphatic carbocycles. The summed E-state index contributed by atoms with van der Waals surface area (Å²) >= 11 is 1.000. The van der Waals surface area contributed by atoms with Crippen molar-refractivity contribution < 1.29 is 28.0 Å². The number of aromatic nitrogens is 1. The topological polar surface area (TPSA) is 102 Å². The van der Waals surface area contributed by atoms with Crippen molar-refractivity contribution >= 4 is 23.4 Å². The van der Waals surface area contributed by atoms with E-state index in [9.17, 15) is 38.0 Å². The molecule has 2 aromatic rings. The van der Waals surface area contributed by atoms with Gasteiger partial charge in [-0.05, 0) is 30.5 Å². The van der Waals surface area contributed by atoms with Gasteiger partial charge in [0.15, 0.2) is 0 Å². The van der Waals surface area contributed by atoms with Crippen molar-refractivity contribution in [2.75, 3.05) is 5.75 Å². The second-order valence-electron chi connectivity index (χ2n) is 6.79. The van der Waals surface area contributed by atoms with Gasteiger partial charge in [-0.25, -0.2) is 4.79 Å². The Kier molecular flexibility index (Phi) is 5.93. The third kappa shape index (κ3) is 3.81. The quantitative estimate of drug-likeness (QED) is 0.521. The van der Waals surface area contributed by atoms with E-state index in [-0.39, 0.29) is 33.9 Å². The zero-order chi connectivity index (χ0) is 22.2. The number of unbranched alkanes of at least 4 members (excludes halogenated alkanes) is 1. The first-order chi connectivity index (χ1) is 14.1. The van der Waals surface area contributed by atoms with Crippen molar-refractivity contribution in [3.8, 4) is 11.1 Å². The molecule has 0 unspecified atom stereocenters. The molecule has 0 amide bonds. The van der Waals surface area contributed by atoms with Gasteiger partial charge < -0.3 is 5.11 Å². The first kappa shape index (κ1) is 21.9. The summed E-state index contributed by atoms with van der Waals surface area (Å²) < 4.78 is 40.6. The largest absolute Gasteiger partial charge is 0.480 e. The second kappa shape index (κ2) is 8.13. The molecule has 1 atom stereocenters. The molecule has 0 fully saturated rings. The van der Waals surface area contributed by atoms with E-state index >= 15 is 0 Å². The molecule has 1 aliphatic heterocycles. The first-order valence-electron chi connectivity index (χ1n) is 9.06. The Bertz CT molecular complexity index is 1080. The van der Waals surface area contributed by atoms with Crippen molar-refractivity contribution in [1.82, 2.24) is 4.57 Å². The lowest BCUT2D eigenvalue weighted by Crippen LogP contribution is -2.31. The zero-order valence-electron chi connectivity index (χ0n) is 15.7. The number of benzene rings is 1. The Labute approximate surface area is 172 Å². The second-order valence-corrected chi connectivity index (χ2v) is 7.80. The maximum atomic E-state index is 13.3. The van der Waals surface area contributed by atoms with Crippen molar-refractivity contribution in [1.29, 1.82) is 0 Å². The van der Waals surface area contributed by atoms with Gasteiger partial charge in [0.05, 0.1) is 15.5 Å². The van der Waals surface area contributed by atoms with Gasteiger partial charge in [-0.2, -0.15) is 13.2 Å². The molecule has 1 aromatic carbocycles. The number of alkyl halides is 3. The minimum atomic E-state index is -4.63. The van der Waals surface area contributed by atoms with Crippen LogP contribution in [0.2, 0.25) is 0 Å². The minimum Gasteiger partial charge on any atom is -0.480 e. The number of nitrogens with zero attached hydrogens (tertiary/aromatic N) is 2. The Balaban J connectivity index is 2.41. The molecule has 3 rings (SSSR count). The van der Waals surface area contributed by atoms with Gasteiger partial charge in [0, 0.05) is 16.9 Å². The van der Waals surface area contributed by atoms with Gasteiger partial charge in [0.25, 0.3) is 0 Å². The van der Waals surface area contributed by atoms with Crippen LogP contribution in [0.25, 0.3) is 11.1 Å². The molecule has 1 aromatic heterocycles. The number of carboxylic acid groups (broad SMARTS) is 1. The lowest BCUT2D eigenvalue weighted by Gasteiger charge is -2.18. The number of fused-ring (bicyclic) bond motifs is 1. The summed E-state index contributed by atoms with van der Waals surface area (Å²) in [6.45, 7) is 1.84. The van der Waals surface area contributed by atoms with E-state index in [1.807, 2.05) is 6.92 Å². The number of thioether (sulfide) groups is 1. The van der Waals surface area contributed by atoms with Crippen LogP contribution < -0.4 is 5.56 Å². The van der Waals surface area contributed by atoms with E-state index in [0.29, 0.717) is 12.8 Å². The van der Waals surface area contributed by atoms with Gasteiger partial charge in [-0.1, -0.05) is 25.5 Å². The number of pyridine rings is 1. The third-order valence-corrected chi connectivity index (χ3v) is 6.01. The molecule has 0 bridgehead atoms. The van der Waals surface area contributed by atoms with Crippen LogP contribution in [0.1, 0.15) is 36.9 Å². The number of rotatable bonds is 6. The van der Waals surface area contributed by atoms with Crippen LogP contribution in [0.3, 0.4) is 0 Å². The number of carboxylic acids is 1. The Hall–Kier alpha value is -2.82. The number of hydrogen-bond donors (Lipinski definition) is 1. The summed E-state index contributed by atoms with van der Waals surface area (Å²) in [6, 6.07) is 2.98. The molecule has 0 spiro atoms. The maximum absolute atomic E-state index is 13.3. The fourth-order valence-corrected chi connectivity index (χ4v) is 4.82. The smallest absolute Gasteiger partial charge is 0.416 e. The van der Waals surface area contributed by atoms with Gasteiger partial charge >= 0.3 is 23.4 Å². The van der Waals surface area contributed by atoms with Gasteiger partial charge in [-0.15, -0.1) is 11.8 Å². The predicted molar refractivity (Wildman–Crippen MR) is 104 cm³/mol. The fourth-order valence-electron chi connectivity index (χ4n) is 3.48. The maximum Gasteiger partial charge on any atom is 0.416 e. The zero-order valence-corrected chi connectivity index (χ0v) is 16.5. The van der Waals surface area contributed by atoms with E-state index in [4.69, 9.17) is 0 Å². The summed E-state index contributed by atoms with van der Waals surface area (Å²) in [5, 5.41) is 21.3. The first-order valence-corrected chi connectivity index (χ1v) is 10.1. The number of carbonyl (C=O) groups is 1. The molecule has 0 saturated heterocycles. The Morgan fingerprint density at radius 1 is 1.40 bits per heavy atom. The molecule has 0 radical (unpaired) electrons. The highest BCUT2D eigenvalue weighted by Gasteiger charge is 2.39. The van der Waals surface area contributed by atoms with E-state index in [2.05, 4.69) is 0 Å². The van der Waals surface area contributed by atoms with E-state index < -0.39 is 39.9 Å². The van der Waals surface area contributed by atoms with Crippen molar-refractivity contribution in [3.05, 3.63) is 55.9 Å². The van der Waals surface area contributed by atoms with Crippen LogP contribution in [0.5, 0.6) is 0 Å². The molecule has 1 N–H and O–H groups in total. The number of hydrogen-bond acceptors (Lipinski definition) is 5. The molecular formula is C19H17F3N2O5S. The summed E-state index contributed by atoms with van der Waals surface area (Å²) in [4.78, 5) is 35.3. The standard InChI is InChI=1S/C19H17F3N2O5S/c1-2-3-7-12-14(10-5-4-6-11(8-10)19(20,21)22)17-23(13(9-30-17)18(26)27)16(25)15(12)24(28)29/h4-6,8,13H,2-3,7,9H2,1H3,(H,26,27)/t13-/m0/s1. The lowest BCUT2D eigenvalue weighted by molar-refractivity contribution is -0.387. The SMILES string of the molecule is CCCCc1c(-c2cccc(C(F)(F)F)c2)c2n(c(=O)c1[N+](=O)[O-])[C@H](C(=O)O)CS2. The predicted octanol–water partition coefficient (Wildman–Crippen LogP) is 4.52. The van der Waals surface area contributed by atoms with Gasteiger partial charge in [0.1, 0.15) is 6.04 Å². The Morgan fingerprint density at radius 3 is 2.67 bits per heavy atom. The average Bonchev–Trinajstić information content (AvgIpc) is 3.11. The highest BCUT2D eigenvalue weighted by atomic mass is 32.2. The monoisotopic (exact) mass is 442 g/mol. The van der Waals surface area contributed by atoms with Gasteiger partial charge in [0.2, 0.25) is 0 Å². The molecule has 160 valence electrons. The van der Waals surface area contributed by atoms with Crippen molar-refractivity contribution in [2.24, 2.45) is 0 Å². The summed E-state index contributed by atoms with van der Waals surface area (Å²) in [5.41, 5.74) is -2.55. The summed E-state index contributed by atoms with van der Waals surface area (Å²) in [7, 11) is 0. The molecule has 1 aliphatic rings. The third-order valence-electron chi connectivity index (χ3n) is 4.86. The van der Waals surface area contributed by atoms with E-state index in [0.717, 1.165) is 28.5 Å². The number of nitro groups is 1. The van der Waals surface area contributed by atoms with E-state index in [1.165, 1.54) is 12.1 Å². The van der Waals surface area contributed by atoms with Crippen LogP contribution in [0, 0.1) is 10.1 Å². The molecular weight excluding hydrogens is 425 g/mol. The molecule has 30 heavy (non-hydrogen) atoms. The lowest BCUT2D eigenvalue weighted by atomic mass is 9.95. The molecule has 2 heterocycles. The van der Waals surface area contributed by atoms with Crippen LogP contribution in [0.4, 0.5) is 18.9 Å². The normalized spacial score (nSPS) is 15.8. The van der Waals surface area contributed by atoms with Crippen LogP contribution in [0.15, 0.2) is 34.1 Å². The molecule has 7 nitrogen and oxygen atoms in total. The molecule has 0 saturated carbocycles. The fraction of sp³-hybridized carbons (Fsp3) is 0.368.